The zero-order valence-electron chi connectivity index (χ0n) is 11.5. The molecule has 0 atom stereocenters. The highest BCUT2D eigenvalue weighted by molar-refractivity contribution is 7.89. The third-order valence-corrected chi connectivity index (χ3v) is 4.43. The van der Waals surface area contributed by atoms with E-state index in [0.29, 0.717) is 11.3 Å². The van der Waals surface area contributed by atoms with E-state index in [9.17, 15) is 13.2 Å². The summed E-state index contributed by atoms with van der Waals surface area (Å²) in [4.78, 5) is 10.8. The quantitative estimate of drug-likeness (QED) is 0.768. The van der Waals surface area contributed by atoms with Crippen LogP contribution in [0.3, 0.4) is 0 Å². The highest BCUT2D eigenvalue weighted by atomic mass is 35.5. The van der Waals surface area contributed by atoms with Crippen LogP contribution >= 0.6 is 11.6 Å². The lowest BCUT2D eigenvalue weighted by Gasteiger charge is -2.12. The fraction of sp³-hybridized carbons (Fsp3) is 0.417. The zero-order valence-corrected chi connectivity index (χ0v) is 13.1. The number of ether oxygens (including phenoxy) is 1. The summed E-state index contributed by atoms with van der Waals surface area (Å²) in [6.07, 6.45) is 0. The summed E-state index contributed by atoms with van der Waals surface area (Å²) in [5.74, 6) is 0.203. The van der Waals surface area contributed by atoms with Crippen LogP contribution in [0.1, 0.15) is 12.5 Å². The number of methoxy groups -OCH3 is 1. The number of benzene rings is 1. The number of hydrogen-bond acceptors (Lipinski definition) is 4. The minimum Gasteiger partial charge on any atom is -0.495 e. The number of rotatable bonds is 6. The molecular formula is C12H17ClN2O4S. The van der Waals surface area contributed by atoms with E-state index in [1.165, 1.54) is 20.1 Å². The van der Waals surface area contributed by atoms with E-state index in [2.05, 4.69) is 10.0 Å². The largest absolute Gasteiger partial charge is 0.495 e. The fourth-order valence-corrected chi connectivity index (χ4v) is 3.17. The molecule has 0 saturated heterocycles. The molecule has 1 amide bonds. The minimum absolute atomic E-state index is 0.0890. The summed E-state index contributed by atoms with van der Waals surface area (Å²) >= 11 is 5.94. The van der Waals surface area contributed by atoms with Gasteiger partial charge in [0, 0.05) is 20.0 Å². The molecule has 1 aromatic carbocycles. The Kier molecular flexibility index (Phi) is 5.79. The first-order valence-corrected chi connectivity index (χ1v) is 7.72. The number of halogens is 1. The number of sulfonamides is 1. The van der Waals surface area contributed by atoms with Gasteiger partial charge in [-0.2, -0.15) is 0 Å². The molecule has 0 fully saturated rings. The molecule has 1 aromatic rings. The van der Waals surface area contributed by atoms with Crippen LogP contribution in [0.4, 0.5) is 0 Å². The molecule has 112 valence electrons. The Morgan fingerprint density at radius 2 is 2.00 bits per heavy atom. The first kappa shape index (κ1) is 16.7. The summed E-state index contributed by atoms with van der Waals surface area (Å²) in [7, 11) is -2.22. The summed E-state index contributed by atoms with van der Waals surface area (Å²) in [6.45, 7) is 3.34. The van der Waals surface area contributed by atoms with Crippen molar-refractivity contribution in [3.63, 3.8) is 0 Å². The molecule has 0 aliphatic heterocycles. The molecule has 0 unspecified atom stereocenters. The molecule has 0 saturated carbocycles. The Morgan fingerprint density at radius 1 is 1.35 bits per heavy atom. The lowest BCUT2D eigenvalue weighted by molar-refractivity contribution is -0.118. The van der Waals surface area contributed by atoms with Gasteiger partial charge in [-0.15, -0.1) is 0 Å². The molecule has 6 nitrogen and oxygen atoms in total. The van der Waals surface area contributed by atoms with Gasteiger partial charge in [0.05, 0.1) is 17.0 Å². The van der Waals surface area contributed by atoms with Crippen LogP contribution < -0.4 is 14.8 Å². The number of carbonyl (C=O) groups excluding carboxylic acids is 1. The number of hydrogen-bond donors (Lipinski definition) is 2. The predicted molar refractivity (Wildman–Crippen MR) is 76.6 cm³/mol. The molecular weight excluding hydrogens is 304 g/mol. The first-order valence-electron chi connectivity index (χ1n) is 5.86. The number of carbonyl (C=O) groups is 1. The average Bonchev–Trinajstić information content (AvgIpc) is 2.36. The molecule has 0 aromatic heterocycles. The van der Waals surface area contributed by atoms with Gasteiger partial charge in [-0.1, -0.05) is 11.6 Å². The van der Waals surface area contributed by atoms with E-state index in [0.717, 1.165) is 0 Å². The van der Waals surface area contributed by atoms with E-state index in [1.54, 1.807) is 13.0 Å². The second kappa shape index (κ2) is 6.92. The topological polar surface area (TPSA) is 84.5 Å². The van der Waals surface area contributed by atoms with E-state index < -0.39 is 10.0 Å². The molecule has 0 spiro atoms. The van der Waals surface area contributed by atoms with Crippen LogP contribution in [0.5, 0.6) is 5.75 Å². The molecule has 0 radical (unpaired) electrons. The molecule has 0 bridgehead atoms. The van der Waals surface area contributed by atoms with Gasteiger partial charge in [0.15, 0.2) is 0 Å². The third kappa shape index (κ3) is 4.36. The van der Waals surface area contributed by atoms with Crippen molar-refractivity contribution in [2.45, 2.75) is 18.7 Å². The highest BCUT2D eigenvalue weighted by Crippen LogP contribution is 2.29. The van der Waals surface area contributed by atoms with Crippen molar-refractivity contribution >= 4 is 27.5 Å². The van der Waals surface area contributed by atoms with Gasteiger partial charge < -0.3 is 10.1 Å². The lowest BCUT2D eigenvalue weighted by Crippen LogP contribution is -2.33. The Hall–Kier alpha value is -1.31. The van der Waals surface area contributed by atoms with Crippen molar-refractivity contribution in [1.82, 2.24) is 10.0 Å². The van der Waals surface area contributed by atoms with Crippen LogP contribution in [0, 0.1) is 6.92 Å². The smallest absolute Gasteiger partial charge is 0.240 e. The van der Waals surface area contributed by atoms with Crippen molar-refractivity contribution < 1.29 is 17.9 Å². The molecule has 2 N–H and O–H groups in total. The summed E-state index contributed by atoms with van der Waals surface area (Å²) in [6, 6.07) is 2.90. The van der Waals surface area contributed by atoms with Gasteiger partial charge in [0.1, 0.15) is 5.75 Å². The van der Waals surface area contributed by atoms with E-state index in [-0.39, 0.29) is 28.9 Å². The van der Waals surface area contributed by atoms with Crippen molar-refractivity contribution in [2.24, 2.45) is 0 Å². The van der Waals surface area contributed by atoms with Crippen LogP contribution in [0.25, 0.3) is 0 Å². The van der Waals surface area contributed by atoms with Crippen LogP contribution in [-0.2, 0) is 14.8 Å². The maximum atomic E-state index is 12.1. The third-order valence-electron chi connectivity index (χ3n) is 2.53. The summed E-state index contributed by atoms with van der Waals surface area (Å²) in [5, 5.41) is 2.72. The van der Waals surface area contributed by atoms with Gasteiger partial charge in [-0.05, 0) is 24.6 Å². The highest BCUT2D eigenvalue weighted by Gasteiger charge is 2.18. The first-order chi connectivity index (χ1) is 9.27. The van der Waals surface area contributed by atoms with E-state index in [1.807, 2.05) is 0 Å². The predicted octanol–water partition coefficient (Wildman–Crippen LogP) is 1.07. The monoisotopic (exact) mass is 320 g/mol. The second-order valence-corrected chi connectivity index (χ2v) is 6.28. The Labute approximate surface area is 123 Å². The normalized spacial score (nSPS) is 11.2. The van der Waals surface area contributed by atoms with Crippen LogP contribution in [-0.4, -0.2) is 34.5 Å². The van der Waals surface area contributed by atoms with Gasteiger partial charge >= 0.3 is 0 Å². The SMILES string of the molecule is COc1cc(C)c(S(=O)(=O)NCCNC(C)=O)cc1Cl. The molecule has 0 aliphatic rings. The Bertz CT molecular complexity index is 602. The summed E-state index contributed by atoms with van der Waals surface area (Å²) in [5.41, 5.74) is 0.526. The molecule has 8 heteroatoms. The number of aryl methyl sites for hydroxylation is 1. The van der Waals surface area contributed by atoms with Crippen molar-refractivity contribution in [3.05, 3.63) is 22.7 Å². The van der Waals surface area contributed by atoms with E-state index in [4.69, 9.17) is 16.3 Å². The number of amides is 1. The Balaban J connectivity index is 2.87. The number of nitrogens with one attached hydrogen (secondary N) is 2. The summed E-state index contributed by atoms with van der Waals surface area (Å²) < 4.78 is 31.7. The second-order valence-electron chi connectivity index (χ2n) is 4.13. The van der Waals surface area contributed by atoms with E-state index >= 15 is 0 Å². The van der Waals surface area contributed by atoms with Crippen LogP contribution in [0.2, 0.25) is 5.02 Å². The van der Waals surface area contributed by atoms with Gasteiger partial charge in [0.2, 0.25) is 15.9 Å². The fourth-order valence-electron chi connectivity index (χ4n) is 1.58. The molecule has 0 heterocycles. The van der Waals surface area contributed by atoms with Gasteiger partial charge in [0.25, 0.3) is 0 Å². The van der Waals surface area contributed by atoms with Crippen molar-refractivity contribution in [2.75, 3.05) is 20.2 Å². The standard InChI is InChI=1S/C12H17ClN2O4S/c1-8-6-11(19-3)10(13)7-12(8)20(17,18)15-5-4-14-9(2)16/h6-7,15H,4-5H2,1-3H3,(H,14,16). The lowest BCUT2D eigenvalue weighted by atomic mass is 10.2. The Morgan fingerprint density at radius 3 is 2.55 bits per heavy atom. The van der Waals surface area contributed by atoms with Crippen molar-refractivity contribution in [1.29, 1.82) is 0 Å². The van der Waals surface area contributed by atoms with Crippen molar-refractivity contribution in [3.8, 4) is 5.75 Å². The molecule has 0 aliphatic carbocycles. The average molecular weight is 321 g/mol. The van der Waals surface area contributed by atoms with Crippen LogP contribution in [0.15, 0.2) is 17.0 Å². The zero-order chi connectivity index (χ0) is 15.3. The maximum Gasteiger partial charge on any atom is 0.240 e. The molecule has 1 rings (SSSR count). The maximum absolute atomic E-state index is 12.1. The molecule has 20 heavy (non-hydrogen) atoms. The van der Waals surface area contributed by atoms with Gasteiger partial charge in [-0.3, -0.25) is 4.79 Å². The van der Waals surface area contributed by atoms with Gasteiger partial charge in [-0.25, -0.2) is 13.1 Å². The minimum atomic E-state index is -3.68.